The Labute approximate surface area is 86.7 Å². The van der Waals surface area contributed by atoms with E-state index >= 15 is 0 Å². The Morgan fingerprint density at radius 2 is 1.67 bits per heavy atom. The number of hydrogen-bond acceptors (Lipinski definition) is 3. The lowest BCUT2D eigenvalue weighted by Crippen LogP contribution is -2.29. The molecule has 0 saturated carbocycles. The van der Waals surface area contributed by atoms with Crippen molar-refractivity contribution >= 4 is 11.8 Å². The molecule has 1 aromatic rings. The standard InChI is InChI=1S/C11H9NO3/c1-7(2)15-12-10(13)8-5-3-4-6-9(8)11(12)14/h3-6H,1H2,2H3. The van der Waals surface area contributed by atoms with Crippen LogP contribution in [-0.4, -0.2) is 16.9 Å². The molecule has 4 heteroatoms. The predicted octanol–water partition coefficient (Wildman–Crippen LogP) is 1.75. The fourth-order valence-corrected chi connectivity index (χ4v) is 1.41. The summed E-state index contributed by atoms with van der Waals surface area (Å²) in [7, 11) is 0. The zero-order chi connectivity index (χ0) is 11.0. The SMILES string of the molecule is C=C(C)ON1C(=O)c2ccccc2C1=O. The topological polar surface area (TPSA) is 46.6 Å². The highest BCUT2D eigenvalue weighted by molar-refractivity contribution is 6.20. The quantitative estimate of drug-likeness (QED) is 0.543. The lowest BCUT2D eigenvalue weighted by Gasteiger charge is -2.13. The van der Waals surface area contributed by atoms with Crippen molar-refractivity contribution in [2.24, 2.45) is 0 Å². The normalized spacial score (nSPS) is 14.1. The molecular formula is C11H9NO3. The third kappa shape index (κ3) is 1.40. The van der Waals surface area contributed by atoms with Crippen LogP contribution in [0.4, 0.5) is 0 Å². The number of hydroxylamine groups is 2. The minimum absolute atomic E-state index is 0.296. The van der Waals surface area contributed by atoms with E-state index in [2.05, 4.69) is 6.58 Å². The average molecular weight is 203 g/mol. The molecule has 2 amide bonds. The predicted molar refractivity (Wildman–Crippen MR) is 52.8 cm³/mol. The number of carbonyl (C=O) groups excluding carboxylic acids is 2. The van der Waals surface area contributed by atoms with Gasteiger partial charge in [0.05, 0.1) is 11.1 Å². The summed E-state index contributed by atoms with van der Waals surface area (Å²) in [4.78, 5) is 28.3. The summed E-state index contributed by atoms with van der Waals surface area (Å²) in [6.07, 6.45) is 0. The van der Waals surface area contributed by atoms with Gasteiger partial charge in [0.15, 0.2) is 0 Å². The van der Waals surface area contributed by atoms with Gasteiger partial charge in [-0.25, -0.2) is 0 Å². The molecule has 1 aromatic carbocycles. The van der Waals surface area contributed by atoms with E-state index in [0.717, 1.165) is 5.06 Å². The molecular weight excluding hydrogens is 194 g/mol. The maximum Gasteiger partial charge on any atom is 0.295 e. The summed E-state index contributed by atoms with van der Waals surface area (Å²) in [6.45, 7) is 5.05. The van der Waals surface area contributed by atoms with Gasteiger partial charge >= 0.3 is 0 Å². The number of nitrogens with zero attached hydrogens (tertiary/aromatic N) is 1. The van der Waals surface area contributed by atoms with Crippen molar-refractivity contribution in [1.82, 2.24) is 5.06 Å². The molecule has 2 rings (SSSR count). The smallest absolute Gasteiger partial charge is 0.295 e. The molecule has 76 valence electrons. The second kappa shape index (κ2) is 3.24. The first kappa shape index (κ1) is 9.45. The molecule has 1 heterocycles. The Bertz CT molecular complexity index is 430. The van der Waals surface area contributed by atoms with Gasteiger partial charge in [-0.2, -0.15) is 0 Å². The van der Waals surface area contributed by atoms with Crippen molar-refractivity contribution in [2.75, 3.05) is 0 Å². The minimum atomic E-state index is -0.446. The highest BCUT2D eigenvalue weighted by atomic mass is 16.7. The van der Waals surface area contributed by atoms with E-state index in [9.17, 15) is 9.59 Å². The van der Waals surface area contributed by atoms with Crippen LogP contribution in [0.2, 0.25) is 0 Å². The van der Waals surface area contributed by atoms with E-state index in [1.165, 1.54) is 0 Å². The van der Waals surface area contributed by atoms with E-state index in [0.29, 0.717) is 16.9 Å². The Balaban J connectivity index is 2.41. The van der Waals surface area contributed by atoms with Crippen molar-refractivity contribution in [3.63, 3.8) is 0 Å². The van der Waals surface area contributed by atoms with Gasteiger partial charge in [-0.3, -0.25) is 9.59 Å². The second-order valence-electron chi connectivity index (χ2n) is 3.24. The lowest BCUT2D eigenvalue weighted by atomic mass is 10.1. The molecule has 1 aliphatic heterocycles. The van der Waals surface area contributed by atoms with Crippen molar-refractivity contribution in [3.05, 3.63) is 47.7 Å². The Kier molecular flexibility index (Phi) is 2.04. The first-order valence-electron chi connectivity index (χ1n) is 4.42. The van der Waals surface area contributed by atoms with E-state index < -0.39 is 11.8 Å². The number of allylic oxidation sites excluding steroid dienone is 1. The van der Waals surface area contributed by atoms with Gasteiger partial charge in [0, 0.05) is 0 Å². The Hall–Kier alpha value is -2.10. The maximum atomic E-state index is 11.7. The molecule has 4 nitrogen and oxygen atoms in total. The summed E-state index contributed by atoms with van der Waals surface area (Å²) in [5.41, 5.74) is 0.729. The monoisotopic (exact) mass is 203 g/mol. The van der Waals surface area contributed by atoms with E-state index in [1.807, 2.05) is 0 Å². The molecule has 0 unspecified atom stereocenters. The number of hydrogen-bond donors (Lipinski definition) is 0. The van der Waals surface area contributed by atoms with E-state index in [-0.39, 0.29) is 0 Å². The van der Waals surface area contributed by atoms with Crippen LogP contribution in [0.1, 0.15) is 27.6 Å². The first-order valence-corrected chi connectivity index (χ1v) is 4.42. The molecule has 1 aliphatic rings. The molecule has 15 heavy (non-hydrogen) atoms. The number of amides is 2. The Morgan fingerprint density at radius 3 is 2.07 bits per heavy atom. The lowest BCUT2D eigenvalue weighted by molar-refractivity contribution is -0.0550. The largest absolute Gasteiger partial charge is 0.374 e. The van der Waals surface area contributed by atoms with Crippen LogP contribution < -0.4 is 0 Å². The molecule has 0 spiro atoms. The zero-order valence-electron chi connectivity index (χ0n) is 8.19. The van der Waals surface area contributed by atoms with E-state index in [1.54, 1.807) is 31.2 Å². The summed E-state index contributed by atoms with van der Waals surface area (Å²) < 4.78 is 0. The number of fused-ring (bicyclic) bond motifs is 1. The fraction of sp³-hybridized carbons (Fsp3) is 0.0909. The van der Waals surface area contributed by atoms with Gasteiger partial charge in [0.25, 0.3) is 11.8 Å². The van der Waals surface area contributed by atoms with Gasteiger partial charge < -0.3 is 4.84 Å². The number of carbonyl (C=O) groups is 2. The zero-order valence-corrected chi connectivity index (χ0v) is 8.19. The summed E-state index contributed by atoms with van der Waals surface area (Å²) >= 11 is 0. The van der Waals surface area contributed by atoms with Crippen LogP contribution >= 0.6 is 0 Å². The van der Waals surface area contributed by atoms with E-state index in [4.69, 9.17) is 4.84 Å². The van der Waals surface area contributed by atoms with Crippen LogP contribution in [0, 0.1) is 0 Å². The van der Waals surface area contributed by atoms with Gasteiger partial charge in [-0.1, -0.05) is 23.8 Å². The molecule has 0 N–H and O–H groups in total. The van der Waals surface area contributed by atoms with Crippen molar-refractivity contribution in [2.45, 2.75) is 6.92 Å². The Morgan fingerprint density at radius 1 is 1.20 bits per heavy atom. The van der Waals surface area contributed by atoms with Crippen LogP contribution in [0.15, 0.2) is 36.6 Å². The second-order valence-corrected chi connectivity index (χ2v) is 3.24. The van der Waals surface area contributed by atoms with Crippen molar-refractivity contribution in [1.29, 1.82) is 0 Å². The van der Waals surface area contributed by atoms with Crippen molar-refractivity contribution < 1.29 is 14.4 Å². The fourth-order valence-electron chi connectivity index (χ4n) is 1.41. The first-order chi connectivity index (χ1) is 7.11. The molecule has 0 aromatic heterocycles. The summed E-state index contributed by atoms with van der Waals surface area (Å²) in [5.74, 6) is -0.596. The van der Waals surface area contributed by atoms with Crippen LogP contribution in [0.5, 0.6) is 0 Å². The summed E-state index contributed by atoms with van der Waals surface area (Å²) in [6, 6.07) is 6.59. The van der Waals surface area contributed by atoms with Gasteiger partial charge in [0.1, 0.15) is 5.76 Å². The third-order valence-electron chi connectivity index (χ3n) is 2.00. The number of benzene rings is 1. The average Bonchev–Trinajstić information content (AvgIpc) is 2.44. The molecule has 0 fully saturated rings. The van der Waals surface area contributed by atoms with Gasteiger partial charge in [-0.05, 0) is 19.1 Å². The number of rotatable bonds is 2. The molecule has 0 radical (unpaired) electrons. The highest BCUT2D eigenvalue weighted by Gasteiger charge is 2.37. The minimum Gasteiger partial charge on any atom is -0.374 e. The third-order valence-corrected chi connectivity index (χ3v) is 2.00. The molecule has 0 aliphatic carbocycles. The summed E-state index contributed by atoms with van der Waals surface area (Å²) in [5, 5.41) is 0.729. The molecule has 0 bridgehead atoms. The maximum absolute atomic E-state index is 11.7. The van der Waals surface area contributed by atoms with Gasteiger partial charge in [-0.15, -0.1) is 0 Å². The van der Waals surface area contributed by atoms with Crippen LogP contribution in [0.3, 0.4) is 0 Å². The van der Waals surface area contributed by atoms with Crippen LogP contribution in [-0.2, 0) is 4.84 Å². The highest BCUT2D eigenvalue weighted by Crippen LogP contribution is 2.23. The van der Waals surface area contributed by atoms with Crippen molar-refractivity contribution in [3.8, 4) is 0 Å². The van der Waals surface area contributed by atoms with Crippen LogP contribution in [0.25, 0.3) is 0 Å². The number of imide groups is 1. The van der Waals surface area contributed by atoms with Gasteiger partial charge in [0.2, 0.25) is 0 Å². The molecule has 0 saturated heterocycles. The molecule has 0 atom stereocenters.